The van der Waals surface area contributed by atoms with Gasteiger partial charge in [-0.3, -0.25) is 9.36 Å². The summed E-state index contributed by atoms with van der Waals surface area (Å²) >= 11 is 1.31. The van der Waals surface area contributed by atoms with Crippen molar-refractivity contribution in [3.63, 3.8) is 0 Å². The van der Waals surface area contributed by atoms with Crippen LogP contribution in [-0.2, 0) is 30.7 Å². The van der Waals surface area contributed by atoms with E-state index < -0.39 is 0 Å². The summed E-state index contributed by atoms with van der Waals surface area (Å²) in [5.74, 6) is 0.150. The molecule has 0 bridgehead atoms. The Hall–Kier alpha value is -2.12. The molecule has 6 nitrogen and oxygen atoms in total. The van der Waals surface area contributed by atoms with Crippen molar-refractivity contribution in [2.45, 2.75) is 37.4 Å². The number of rotatable bonds is 7. The molecule has 1 aliphatic carbocycles. The number of aliphatic hydroxyl groups excluding tert-OH is 1. The van der Waals surface area contributed by atoms with Crippen molar-refractivity contribution in [3.05, 3.63) is 57.6 Å². The third-order valence-electron chi connectivity index (χ3n) is 4.20. The van der Waals surface area contributed by atoms with E-state index in [1.807, 2.05) is 30.3 Å². The highest BCUT2D eigenvalue weighted by Gasteiger charge is 2.22. The molecule has 1 aromatic heterocycles. The minimum atomic E-state index is -0.345. The number of nitrogens with one attached hydrogen (secondary N) is 1. The fourth-order valence-electron chi connectivity index (χ4n) is 3.02. The molecule has 2 aromatic rings. The zero-order valence-corrected chi connectivity index (χ0v) is 14.7. The van der Waals surface area contributed by atoms with Gasteiger partial charge < -0.3 is 10.4 Å². The number of fused-ring (bicyclic) bond motifs is 1. The molecule has 0 saturated heterocycles. The van der Waals surface area contributed by atoms with Gasteiger partial charge in [-0.15, -0.1) is 0 Å². The molecular formula is C18H21N3O3S. The first-order valence-electron chi connectivity index (χ1n) is 8.36. The number of nitrogens with zero attached hydrogens (tertiary/aromatic N) is 2. The van der Waals surface area contributed by atoms with Gasteiger partial charge in [0.15, 0.2) is 0 Å². The maximum absolute atomic E-state index is 12.2. The fraction of sp³-hybridized carbons (Fsp3) is 0.389. The van der Waals surface area contributed by atoms with E-state index in [2.05, 4.69) is 10.3 Å². The minimum absolute atomic E-state index is 0.0809. The number of aromatic nitrogens is 2. The summed E-state index contributed by atoms with van der Waals surface area (Å²) in [6.07, 6.45) is 2.66. The summed E-state index contributed by atoms with van der Waals surface area (Å²) in [5, 5.41) is 12.7. The molecule has 0 saturated carbocycles. The number of amides is 1. The van der Waals surface area contributed by atoms with Crippen molar-refractivity contribution in [2.75, 3.05) is 12.4 Å². The van der Waals surface area contributed by atoms with Crippen LogP contribution in [0, 0.1) is 0 Å². The van der Waals surface area contributed by atoms with E-state index in [9.17, 15) is 9.59 Å². The summed E-state index contributed by atoms with van der Waals surface area (Å²) in [5.41, 5.74) is 2.71. The molecule has 0 radical (unpaired) electrons. The first-order chi connectivity index (χ1) is 12.2. The molecule has 1 aromatic carbocycles. The molecule has 1 heterocycles. The van der Waals surface area contributed by atoms with Crippen LogP contribution in [0.3, 0.4) is 0 Å². The van der Waals surface area contributed by atoms with E-state index in [1.54, 1.807) is 4.57 Å². The van der Waals surface area contributed by atoms with Crippen molar-refractivity contribution in [3.8, 4) is 0 Å². The van der Waals surface area contributed by atoms with Gasteiger partial charge in [-0.25, -0.2) is 4.79 Å². The van der Waals surface area contributed by atoms with Crippen LogP contribution >= 0.6 is 11.8 Å². The van der Waals surface area contributed by atoms with E-state index in [0.29, 0.717) is 11.6 Å². The predicted molar refractivity (Wildman–Crippen MR) is 96.6 cm³/mol. The van der Waals surface area contributed by atoms with E-state index in [-0.39, 0.29) is 30.5 Å². The highest BCUT2D eigenvalue weighted by Crippen LogP contribution is 2.28. The fourth-order valence-corrected chi connectivity index (χ4v) is 3.92. The number of aliphatic hydroxyl groups is 1. The first-order valence-corrected chi connectivity index (χ1v) is 9.34. The first kappa shape index (κ1) is 17.7. The molecular weight excluding hydrogens is 338 g/mol. The highest BCUT2D eigenvalue weighted by atomic mass is 32.2. The molecule has 1 aliphatic rings. The second kappa shape index (κ2) is 8.31. The van der Waals surface area contributed by atoms with Gasteiger partial charge in [0.2, 0.25) is 5.91 Å². The van der Waals surface area contributed by atoms with E-state index in [0.717, 1.165) is 36.1 Å². The Morgan fingerprint density at radius 3 is 2.84 bits per heavy atom. The van der Waals surface area contributed by atoms with Crippen molar-refractivity contribution in [1.82, 2.24) is 14.9 Å². The van der Waals surface area contributed by atoms with Crippen LogP contribution in [0.2, 0.25) is 0 Å². The quantitative estimate of drug-likeness (QED) is 0.572. The van der Waals surface area contributed by atoms with Crippen LogP contribution < -0.4 is 11.0 Å². The van der Waals surface area contributed by atoms with Gasteiger partial charge >= 0.3 is 5.69 Å². The molecule has 0 spiro atoms. The van der Waals surface area contributed by atoms with Crippen molar-refractivity contribution < 1.29 is 9.90 Å². The third-order valence-corrected chi connectivity index (χ3v) is 5.21. The van der Waals surface area contributed by atoms with E-state index in [4.69, 9.17) is 5.11 Å². The molecule has 0 unspecified atom stereocenters. The number of hydrogen-bond acceptors (Lipinski definition) is 5. The van der Waals surface area contributed by atoms with Gasteiger partial charge in [0.25, 0.3) is 0 Å². The number of hydrogen-bond donors (Lipinski definition) is 2. The molecule has 0 fully saturated rings. The normalized spacial score (nSPS) is 12.8. The molecule has 7 heteroatoms. The largest absolute Gasteiger partial charge is 0.395 e. The molecule has 2 N–H and O–H groups in total. The number of benzene rings is 1. The molecule has 3 rings (SSSR count). The summed E-state index contributed by atoms with van der Waals surface area (Å²) in [7, 11) is 0. The predicted octanol–water partition coefficient (Wildman–Crippen LogP) is 1.13. The Labute approximate surface area is 150 Å². The van der Waals surface area contributed by atoms with E-state index in [1.165, 1.54) is 11.8 Å². The lowest BCUT2D eigenvalue weighted by molar-refractivity contribution is -0.118. The molecule has 0 atom stereocenters. The lowest BCUT2D eigenvalue weighted by Gasteiger charge is -2.13. The molecule has 1 amide bonds. The summed E-state index contributed by atoms with van der Waals surface area (Å²) in [4.78, 5) is 28.4. The third kappa shape index (κ3) is 4.29. The van der Waals surface area contributed by atoms with Gasteiger partial charge in [0.05, 0.1) is 18.9 Å². The van der Waals surface area contributed by atoms with Crippen molar-refractivity contribution in [1.29, 1.82) is 0 Å². The Morgan fingerprint density at radius 1 is 1.28 bits per heavy atom. The second-order valence-corrected chi connectivity index (χ2v) is 6.87. The Bertz CT molecular complexity index is 805. The average molecular weight is 359 g/mol. The second-order valence-electron chi connectivity index (χ2n) is 5.90. The van der Waals surface area contributed by atoms with Gasteiger partial charge in [-0.2, -0.15) is 4.98 Å². The number of thioether (sulfide) groups is 1. The SMILES string of the molecule is O=C(CSc1nc(=O)n(CCO)c2c1CCC2)NCc1ccccc1. The molecule has 132 valence electrons. The van der Waals surface area contributed by atoms with Gasteiger partial charge in [0.1, 0.15) is 5.03 Å². The van der Waals surface area contributed by atoms with Gasteiger partial charge in [-0.1, -0.05) is 42.1 Å². The smallest absolute Gasteiger partial charge is 0.348 e. The summed E-state index contributed by atoms with van der Waals surface area (Å²) < 4.78 is 1.56. The molecule has 25 heavy (non-hydrogen) atoms. The lowest BCUT2D eigenvalue weighted by atomic mass is 10.2. The molecule has 0 aliphatic heterocycles. The van der Waals surface area contributed by atoms with E-state index >= 15 is 0 Å². The zero-order chi connectivity index (χ0) is 17.6. The zero-order valence-electron chi connectivity index (χ0n) is 13.9. The Kier molecular flexibility index (Phi) is 5.88. The number of carbonyl (C=O) groups excluding carboxylic acids is 1. The summed E-state index contributed by atoms with van der Waals surface area (Å²) in [6, 6.07) is 9.73. The Morgan fingerprint density at radius 2 is 2.08 bits per heavy atom. The van der Waals surface area contributed by atoms with Gasteiger partial charge in [0, 0.05) is 17.8 Å². The average Bonchev–Trinajstić information content (AvgIpc) is 3.11. The van der Waals surface area contributed by atoms with Crippen molar-refractivity contribution >= 4 is 17.7 Å². The van der Waals surface area contributed by atoms with Crippen LogP contribution in [0.5, 0.6) is 0 Å². The van der Waals surface area contributed by atoms with Crippen LogP contribution in [0.25, 0.3) is 0 Å². The van der Waals surface area contributed by atoms with Crippen LogP contribution in [-0.4, -0.2) is 32.9 Å². The minimum Gasteiger partial charge on any atom is -0.395 e. The Balaban J connectivity index is 1.63. The van der Waals surface area contributed by atoms with Crippen LogP contribution in [0.4, 0.5) is 0 Å². The monoisotopic (exact) mass is 359 g/mol. The standard InChI is InChI=1S/C18H21N3O3S/c22-10-9-21-15-8-4-7-14(15)17(20-18(21)24)25-12-16(23)19-11-13-5-2-1-3-6-13/h1-3,5-6,22H,4,7-12H2,(H,19,23). The summed E-state index contributed by atoms with van der Waals surface area (Å²) in [6.45, 7) is 0.683. The maximum atomic E-state index is 12.2. The topological polar surface area (TPSA) is 84.2 Å². The maximum Gasteiger partial charge on any atom is 0.348 e. The number of carbonyl (C=O) groups is 1. The lowest BCUT2D eigenvalue weighted by Crippen LogP contribution is -2.29. The van der Waals surface area contributed by atoms with Crippen LogP contribution in [0.15, 0.2) is 40.2 Å². The van der Waals surface area contributed by atoms with Crippen LogP contribution in [0.1, 0.15) is 23.2 Å². The van der Waals surface area contributed by atoms with Gasteiger partial charge in [-0.05, 0) is 24.8 Å². The highest BCUT2D eigenvalue weighted by molar-refractivity contribution is 7.99. The van der Waals surface area contributed by atoms with Crippen molar-refractivity contribution in [2.24, 2.45) is 0 Å².